The number of likely N-dealkylation sites (N-methyl/N-ethyl adjacent to an activating group) is 1. The number of hydrogen-bond acceptors (Lipinski definition) is 4. The summed E-state index contributed by atoms with van der Waals surface area (Å²) < 4.78 is 0. The van der Waals surface area contributed by atoms with Gasteiger partial charge in [-0.05, 0) is 49.3 Å². The number of urea groups is 1. The molecule has 0 spiro atoms. The van der Waals surface area contributed by atoms with E-state index in [1.807, 2.05) is 56.3 Å². The lowest BCUT2D eigenvalue weighted by atomic mass is 10.1. The Morgan fingerprint density at radius 3 is 2.29 bits per heavy atom. The van der Waals surface area contributed by atoms with Crippen LogP contribution in [-0.4, -0.2) is 57.1 Å². The van der Waals surface area contributed by atoms with Crippen LogP contribution in [0.3, 0.4) is 0 Å². The van der Waals surface area contributed by atoms with Crippen LogP contribution in [0.25, 0.3) is 0 Å². The van der Waals surface area contributed by atoms with Crippen LogP contribution < -0.4 is 20.9 Å². The Morgan fingerprint density at radius 1 is 0.935 bits per heavy atom. The van der Waals surface area contributed by atoms with Gasteiger partial charge in [0.1, 0.15) is 0 Å². The maximum atomic E-state index is 12.9. The molecule has 0 heterocycles. The molecule has 0 aliphatic heterocycles. The second-order valence-electron chi connectivity index (χ2n) is 7.50. The van der Waals surface area contributed by atoms with Crippen LogP contribution in [0, 0.1) is 0 Å². The summed E-state index contributed by atoms with van der Waals surface area (Å²) >= 11 is 0. The molecule has 0 aliphatic rings. The van der Waals surface area contributed by atoms with Gasteiger partial charge in [0, 0.05) is 44.2 Å². The van der Waals surface area contributed by atoms with Gasteiger partial charge in [-0.3, -0.25) is 4.79 Å². The first-order valence-corrected chi connectivity index (χ1v) is 10.9. The molecule has 0 atom stereocenters. The smallest absolute Gasteiger partial charge is 0.323 e. The van der Waals surface area contributed by atoms with Crippen molar-refractivity contribution in [3.8, 4) is 0 Å². The molecule has 0 radical (unpaired) electrons. The van der Waals surface area contributed by atoms with E-state index in [2.05, 4.69) is 34.7 Å². The highest BCUT2D eigenvalue weighted by Crippen LogP contribution is 2.23. The van der Waals surface area contributed by atoms with Crippen molar-refractivity contribution in [1.29, 1.82) is 0 Å². The fourth-order valence-corrected chi connectivity index (χ4v) is 3.38. The Labute approximate surface area is 185 Å². The average molecular weight is 426 g/mol. The second kappa shape index (κ2) is 12.0. The van der Waals surface area contributed by atoms with Crippen molar-refractivity contribution in [2.45, 2.75) is 27.2 Å². The third-order valence-electron chi connectivity index (χ3n) is 5.24. The predicted octanol–water partition coefficient (Wildman–Crippen LogP) is 4.03. The summed E-state index contributed by atoms with van der Waals surface area (Å²) in [7, 11) is 3.78. The zero-order valence-corrected chi connectivity index (χ0v) is 19.3. The van der Waals surface area contributed by atoms with Gasteiger partial charge in [-0.1, -0.05) is 39.0 Å². The summed E-state index contributed by atoms with van der Waals surface area (Å²) in [6, 6.07) is 12.7. The van der Waals surface area contributed by atoms with Crippen molar-refractivity contribution in [1.82, 2.24) is 10.2 Å². The molecule has 7 nitrogen and oxygen atoms in total. The molecule has 0 fully saturated rings. The van der Waals surface area contributed by atoms with Gasteiger partial charge in [0.15, 0.2) is 0 Å². The number of carbonyl (C=O) groups excluding carboxylic acids is 2. The molecular weight excluding hydrogens is 390 g/mol. The highest BCUT2D eigenvalue weighted by Gasteiger charge is 2.15. The molecule has 0 unspecified atom stereocenters. The minimum atomic E-state index is -0.341. The maximum absolute atomic E-state index is 12.9. The van der Waals surface area contributed by atoms with Crippen molar-refractivity contribution in [2.75, 3.05) is 55.8 Å². The van der Waals surface area contributed by atoms with Gasteiger partial charge in [-0.2, -0.15) is 0 Å². The van der Waals surface area contributed by atoms with E-state index < -0.39 is 0 Å². The van der Waals surface area contributed by atoms with Crippen LogP contribution in [0.5, 0.6) is 0 Å². The monoisotopic (exact) mass is 425 g/mol. The van der Waals surface area contributed by atoms with Crippen LogP contribution in [-0.2, 0) is 6.42 Å². The Bertz CT molecular complexity index is 878. The van der Waals surface area contributed by atoms with Crippen LogP contribution in [0.2, 0.25) is 0 Å². The zero-order chi connectivity index (χ0) is 22.8. The lowest BCUT2D eigenvalue weighted by Gasteiger charge is -2.20. The molecule has 168 valence electrons. The number of hydrogen-bond donors (Lipinski definition) is 3. The largest absolute Gasteiger partial charge is 0.377 e. The van der Waals surface area contributed by atoms with E-state index in [4.69, 9.17) is 0 Å². The van der Waals surface area contributed by atoms with Gasteiger partial charge >= 0.3 is 6.03 Å². The number of anilines is 3. The first-order chi connectivity index (χ1) is 14.9. The lowest BCUT2D eigenvalue weighted by Crippen LogP contribution is -2.35. The van der Waals surface area contributed by atoms with Gasteiger partial charge in [0.2, 0.25) is 0 Å². The number of nitrogens with one attached hydrogen (secondary N) is 3. The normalized spacial score (nSPS) is 10.6. The summed E-state index contributed by atoms with van der Waals surface area (Å²) in [5.74, 6) is -0.156. The molecule has 0 aliphatic carbocycles. The van der Waals surface area contributed by atoms with Crippen molar-refractivity contribution in [2.24, 2.45) is 0 Å². The van der Waals surface area contributed by atoms with E-state index in [1.54, 1.807) is 12.1 Å². The number of aryl methyl sites for hydroxylation is 1. The quantitative estimate of drug-likeness (QED) is 0.537. The van der Waals surface area contributed by atoms with E-state index in [-0.39, 0.29) is 11.9 Å². The van der Waals surface area contributed by atoms with Crippen LogP contribution >= 0.6 is 0 Å². The Morgan fingerprint density at radius 2 is 1.65 bits per heavy atom. The van der Waals surface area contributed by atoms with Crippen molar-refractivity contribution >= 4 is 29.0 Å². The summed E-state index contributed by atoms with van der Waals surface area (Å²) in [4.78, 5) is 29.5. The molecule has 2 aromatic rings. The molecule has 2 rings (SSSR count). The Kier molecular flexibility index (Phi) is 9.34. The summed E-state index contributed by atoms with van der Waals surface area (Å²) in [6.07, 6.45) is 0.825. The zero-order valence-electron chi connectivity index (χ0n) is 19.3. The first kappa shape index (κ1) is 24.2. The summed E-state index contributed by atoms with van der Waals surface area (Å²) in [5.41, 5.74) is 3.72. The molecular formula is C24H35N5O2. The molecule has 3 N–H and O–H groups in total. The Hall–Kier alpha value is -3.06. The fourth-order valence-electron chi connectivity index (χ4n) is 3.38. The topological polar surface area (TPSA) is 76.7 Å². The Balaban J connectivity index is 2.11. The number of carbonyl (C=O) groups is 2. The summed E-state index contributed by atoms with van der Waals surface area (Å²) in [6.45, 7) is 9.52. The van der Waals surface area contributed by atoms with Gasteiger partial charge in [0.05, 0.1) is 5.56 Å². The molecule has 2 aromatic carbocycles. The van der Waals surface area contributed by atoms with Crippen LogP contribution in [0.4, 0.5) is 21.9 Å². The van der Waals surface area contributed by atoms with Gasteiger partial charge < -0.3 is 25.8 Å². The van der Waals surface area contributed by atoms with Crippen LogP contribution in [0.15, 0.2) is 42.5 Å². The van der Waals surface area contributed by atoms with E-state index in [9.17, 15) is 9.59 Å². The SMILES string of the molecule is CCc1ccccc1NC(=O)Nc1ccc(N(C)C)c(C(=O)NCCN(CC)CC)c1. The first-order valence-electron chi connectivity index (χ1n) is 10.9. The number of benzene rings is 2. The van der Waals surface area contributed by atoms with Gasteiger partial charge in [-0.15, -0.1) is 0 Å². The van der Waals surface area contributed by atoms with Crippen molar-refractivity contribution in [3.63, 3.8) is 0 Å². The number of para-hydroxylation sites is 1. The molecule has 0 aromatic heterocycles. The third-order valence-corrected chi connectivity index (χ3v) is 5.24. The van der Waals surface area contributed by atoms with Crippen LogP contribution in [0.1, 0.15) is 36.7 Å². The molecule has 0 bridgehead atoms. The average Bonchev–Trinajstić information content (AvgIpc) is 2.76. The summed E-state index contributed by atoms with van der Waals surface area (Å²) in [5, 5.41) is 8.72. The van der Waals surface area contributed by atoms with E-state index in [1.165, 1.54) is 0 Å². The molecule has 7 heteroatoms. The van der Waals surface area contributed by atoms with Gasteiger partial charge in [0.25, 0.3) is 5.91 Å². The molecule has 3 amide bonds. The van der Waals surface area contributed by atoms with Crippen molar-refractivity contribution < 1.29 is 9.59 Å². The van der Waals surface area contributed by atoms with E-state index in [0.717, 1.165) is 43.0 Å². The molecule has 0 saturated carbocycles. The minimum absolute atomic E-state index is 0.156. The highest BCUT2D eigenvalue weighted by atomic mass is 16.2. The second-order valence-corrected chi connectivity index (χ2v) is 7.50. The number of amides is 3. The number of rotatable bonds is 10. The van der Waals surface area contributed by atoms with E-state index >= 15 is 0 Å². The lowest BCUT2D eigenvalue weighted by molar-refractivity contribution is 0.0949. The maximum Gasteiger partial charge on any atom is 0.323 e. The predicted molar refractivity (Wildman–Crippen MR) is 129 cm³/mol. The van der Waals surface area contributed by atoms with Gasteiger partial charge in [-0.25, -0.2) is 4.79 Å². The highest BCUT2D eigenvalue weighted by molar-refractivity contribution is 6.04. The number of nitrogens with zero attached hydrogens (tertiary/aromatic N) is 2. The minimum Gasteiger partial charge on any atom is -0.377 e. The standard InChI is InChI=1S/C24H35N5O2/c1-6-18-11-9-10-12-21(18)27-24(31)26-19-13-14-22(28(4)5)20(17-19)23(30)25-15-16-29(7-2)8-3/h9-14,17H,6-8,15-16H2,1-5H3,(H,25,30)(H2,26,27,31). The molecule has 31 heavy (non-hydrogen) atoms. The third kappa shape index (κ3) is 7.00. The van der Waals surface area contributed by atoms with E-state index in [0.29, 0.717) is 17.8 Å². The molecule has 0 saturated heterocycles. The fraction of sp³-hybridized carbons (Fsp3) is 0.417. The van der Waals surface area contributed by atoms with Crippen molar-refractivity contribution in [3.05, 3.63) is 53.6 Å².